The molecule has 0 radical (unpaired) electrons. The number of carbonyl (C=O) groups excluding carboxylic acids is 1. The highest BCUT2D eigenvalue weighted by molar-refractivity contribution is 7.84. The van der Waals surface area contributed by atoms with Crippen LogP contribution in [0.5, 0.6) is 0 Å². The number of aromatic nitrogens is 1. The minimum atomic E-state index is -1.19. The number of anilines is 1. The van der Waals surface area contributed by atoms with E-state index in [0.717, 1.165) is 17.8 Å². The summed E-state index contributed by atoms with van der Waals surface area (Å²) in [6.45, 7) is 18.4. The van der Waals surface area contributed by atoms with Crippen molar-refractivity contribution >= 4 is 22.9 Å². The molecule has 176 valence electrons. The summed E-state index contributed by atoms with van der Waals surface area (Å²) in [5, 5.41) is 0. The van der Waals surface area contributed by atoms with Gasteiger partial charge in [0.05, 0.1) is 15.7 Å². The summed E-state index contributed by atoms with van der Waals surface area (Å²) in [7, 11) is -1.19. The second-order valence-electron chi connectivity index (χ2n) is 10.6. The molecular formula is C23H40N4O3S. The minimum Gasteiger partial charge on any atom is -0.444 e. The van der Waals surface area contributed by atoms with Crippen molar-refractivity contribution in [2.24, 2.45) is 5.92 Å². The Morgan fingerprint density at radius 1 is 1.16 bits per heavy atom. The average Bonchev–Trinajstić information content (AvgIpc) is 2.65. The molecule has 0 aromatic carbocycles. The second kappa shape index (κ2) is 10.3. The molecule has 0 spiro atoms. The lowest BCUT2D eigenvalue weighted by molar-refractivity contribution is 0.0240. The number of pyridine rings is 1. The summed E-state index contributed by atoms with van der Waals surface area (Å²) in [6.07, 6.45) is 2.39. The van der Waals surface area contributed by atoms with Crippen molar-refractivity contribution in [2.45, 2.75) is 78.2 Å². The van der Waals surface area contributed by atoms with Gasteiger partial charge in [-0.2, -0.15) is 0 Å². The first-order valence-corrected chi connectivity index (χ1v) is 12.3. The van der Waals surface area contributed by atoms with E-state index in [9.17, 15) is 9.00 Å². The van der Waals surface area contributed by atoms with Gasteiger partial charge in [-0.05, 0) is 59.9 Å². The zero-order chi connectivity index (χ0) is 23.4. The number of hydrogen-bond donors (Lipinski definition) is 1. The van der Waals surface area contributed by atoms with Gasteiger partial charge in [0.2, 0.25) is 0 Å². The number of piperazine rings is 1. The Bertz CT molecular complexity index is 763. The Morgan fingerprint density at radius 2 is 1.77 bits per heavy atom. The zero-order valence-corrected chi connectivity index (χ0v) is 21.2. The third kappa shape index (κ3) is 7.75. The molecule has 0 saturated carbocycles. The summed E-state index contributed by atoms with van der Waals surface area (Å²) >= 11 is 0. The highest BCUT2D eigenvalue weighted by Gasteiger charge is 2.30. The fourth-order valence-electron chi connectivity index (χ4n) is 3.39. The van der Waals surface area contributed by atoms with Gasteiger partial charge in [-0.1, -0.05) is 19.9 Å². The van der Waals surface area contributed by atoms with Crippen molar-refractivity contribution in [1.29, 1.82) is 0 Å². The van der Waals surface area contributed by atoms with E-state index in [1.807, 2.05) is 47.6 Å². The standard InChI is InChI=1S/C23H40N4O3S/c1-17(2)16-19(25-31(29)23(6,7)8)18-10-9-11-24-20(18)26-12-14-27(15-13-26)21(28)30-22(3,4)5/h9-11,17,19,25H,12-16H2,1-8H3. The smallest absolute Gasteiger partial charge is 0.410 e. The molecule has 1 saturated heterocycles. The van der Waals surface area contributed by atoms with Crippen LogP contribution in [0.1, 0.15) is 73.4 Å². The average molecular weight is 453 g/mol. The molecule has 31 heavy (non-hydrogen) atoms. The third-order valence-electron chi connectivity index (χ3n) is 4.94. The van der Waals surface area contributed by atoms with Gasteiger partial charge in [0.25, 0.3) is 0 Å². The minimum absolute atomic E-state index is 0.0624. The molecule has 2 rings (SSSR count). The molecule has 7 nitrogen and oxygen atoms in total. The summed E-state index contributed by atoms with van der Waals surface area (Å²) < 4.78 is 21.4. The maximum absolute atomic E-state index is 12.9. The van der Waals surface area contributed by atoms with E-state index in [-0.39, 0.29) is 16.9 Å². The molecule has 2 unspecified atom stereocenters. The molecule has 1 N–H and O–H groups in total. The van der Waals surface area contributed by atoms with Crippen molar-refractivity contribution in [1.82, 2.24) is 14.6 Å². The summed E-state index contributed by atoms with van der Waals surface area (Å²) in [4.78, 5) is 21.0. The predicted molar refractivity (Wildman–Crippen MR) is 127 cm³/mol. The van der Waals surface area contributed by atoms with Gasteiger partial charge >= 0.3 is 6.09 Å². The van der Waals surface area contributed by atoms with Gasteiger partial charge < -0.3 is 14.5 Å². The zero-order valence-electron chi connectivity index (χ0n) is 20.4. The number of nitrogens with one attached hydrogen (secondary N) is 1. The molecule has 1 aliphatic rings. The van der Waals surface area contributed by atoms with Crippen LogP contribution in [0.4, 0.5) is 10.6 Å². The first kappa shape index (κ1) is 25.6. The second-order valence-corrected chi connectivity index (χ2v) is 12.5. The lowest BCUT2D eigenvalue weighted by atomic mass is 9.98. The highest BCUT2D eigenvalue weighted by Crippen LogP contribution is 2.31. The van der Waals surface area contributed by atoms with E-state index in [1.165, 1.54) is 0 Å². The van der Waals surface area contributed by atoms with Crippen molar-refractivity contribution in [3.63, 3.8) is 0 Å². The molecular weight excluding hydrogens is 412 g/mol. The van der Waals surface area contributed by atoms with Gasteiger partial charge in [-0.15, -0.1) is 0 Å². The van der Waals surface area contributed by atoms with Gasteiger partial charge in [0, 0.05) is 44.0 Å². The van der Waals surface area contributed by atoms with Gasteiger partial charge in [-0.25, -0.2) is 18.7 Å². The number of rotatable bonds is 6. The van der Waals surface area contributed by atoms with E-state index >= 15 is 0 Å². The van der Waals surface area contributed by atoms with Crippen LogP contribution in [-0.2, 0) is 15.7 Å². The van der Waals surface area contributed by atoms with Gasteiger partial charge in [-0.3, -0.25) is 0 Å². The van der Waals surface area contributed by atoms with Crippen LogP contribution in [0.15, 0.2) is 18.3 Å². The number of nitrogens with zero attached hydrogens (tertiary/aromatic N) is 3. The van der Waals surface area contributed by atoms with E-state index in [0.29, 0.717) is 32.1 Å². The maximum Gasteiger partial charge on any atom is 0.410 e. The largest absolute Gasteiger partial charge is 0.444 e. The van der Waals surface area contributed by atoms with Gasteiger partial charge in [0.15, 0.2) is 0 Å². The molecule has 1 amide bonds. The van der Waals surface area contributed by atoms with Crippen LogP contribution in [0.2, 0.25) is 0 Å². The topological polar surface area (TPSA) is 74.8 Å². The lowest BCUT2D eigenvalue weighted by Crippen LogP contribution is -2.50. The van der Waals surface area contributed by atoms with Crippen LogP contribution in [0.25, 0.3) is 0 Å². The van der Waals surface area contributed by atoms with Crippen molar-refractivity contribution in [3.05, 3.63) is 23.9 Å². The fraction of sp³-hybridized carbons (Fsp3) is 0.739. The first-order chi connectivity index (χ1) is 14.3. The molecule has 1 fully saturated rings. The van der Waals surface area contributed by atoms with Crippen LogP contribution in [0.3, 0.4) is 0 Å². The van der Waals surface area contributed by atoms with Gasteiger partial charge in [0.1, 0.15) is 11.4 Å². The monoisotopic (exact) mass is 452 g/mol. The Kier molecular flexibility index (Phi) is 8.50. The summed E-state index contributed by atoms with van der Waals surface area (Å²) in [6, 6.07) is 3.94. The molecule has 0 bridgehead atoms. The Labute approximate surface area is 190 Å². The molecule has 1 aromatic rings. The highest BCUT2D eigenvalue weighted by atomic mass is 32.2. The predicted octanol–water partition coefficient (Wildman–Crippen LogP) is 4.28. The normalized spacial score (nSPS) is 17.6. The van der Waals surface area contributed by atoms with E-state index in [4.69, 9.17) is 4.74 Å². The molecule has 0 aliphatic carbocycles. The van der Waals surface area contributed by atoms with Crippen LogP contribution >= 0.6 is 0 Å². The molecule has 1 aromatic heterocycles. The van der Waals surface area contributed by atoms with Crippen molar-refractivity contribution < 1.29 is 13.7 Å². The molecule has 8 heteroatoms. The van der Waals surface area contributed by atoms with Crippen molar-refractivity contribution in [2.75, 3.05) is 31.1 Å². The Morgan fingerprint density at radius 3 is 2.29 bits per heavy atom. The van der Waals surface area contributed by atoms with Crippen molar-refractivity contribution in [3.8, 4) is 0 Å². The van der Waals surface area contributed by atoms with Crippen LogP contribution in [0, 0.1) is 5.92 Å². The summed E-state index contributed by atoms with van der Waals surface area (Å²) in [5.41, 5.74) is 0.556. The maximum atomic E-state index is 12.9. The number of carbonyl (C=O) groups is 1. The molecule has 2 atom stereocenters. The third-order valence-corrected chi connectivity index (χ3v) is 6.55. The molecule has 1 aliphatic heterocycles. The Hall–Kier alpha value is -1.67. The van der Waals surface area contributed by atoms with E-state index in [1.54, 1.807) is 11.1 Å². The molecule has 2 heterocycles. The lowest BCUT2D eigenvalue weighted by Gasteiger charge is -2.37. The van der Waals surface area contributed by atoms with Crippen LogP contribution in [-0.4, -0.2) is 56.7 Å². The van der Waals surface area contributed by atoms with E-state index < -0.39 is 16.6 Å². The fourth-order valence-corrected chi connectivity index (χ4v) is 4.22. The first-order valence-electron chi connectivity index (χ1n) is 11.1. The number of ether oxygens (including phenoxy) is 1. The number of amides is 1. The quantitative estimate of drug-likeness (QED) is 0.697. The SMILES string of the molecule is CC(C)CC(NS(=O)C(C)(C)C)c1cccnc1N1CCN(C(=O)OC(C)(C)C)CC1. The number of hydrogen-bond acceptors (Lipinski definition) is 5. The summed E-state index contributed by atoms with van der Waals surface area (Å²) in [5.74, 6) is 1.34. The Balaban J connectivity index is 2.18. The van der Waals surface area contributed by atoms with E-state index in [2.05, 4.69) is 34.5 Å². The van der Waals surface area contributed by atoms with Crippen LogP contribution < -0.4 is 9.62 Å².